The first-order valence-electron chi connectivity index (χ1n) is 5.74. The Bertz CT molecular complexity index is 787. The summed E-state index contributed by atoms with van der Waals surface area (Å²) in [4.78, 5) is 15.0. The van der Waals surface area contributed by atoms with Gasteiger partial charge in [0, 0.05) is 4.47 Å². The summed E-state index contributed by atoms with van der Waals surface area (Å²) in [7, 11) is 1.62. The SMILES string of the molecule is COc1ccc(-n2c(=O)[nH]c3c(Br)cccc32)cc1. The van der Waals surface area contributed by atoms with Crippen LogP contribution >= 0.6 is 15.9 Å². The average Bonchev–Trinajstić information content (AvgIpc) is 2.77. The Balaban J connectivity index is 2.27. The van der Waals surface area contributed by atoms with Gasteiger partial charge in [0.1, 0.15) is 5.75 Å². The number of imidazole rings is 1. The third kappa shape index (κ3) is 1.96. The van der Waals surface area contributed by atoms with Crippen molar-refractivity contribution >= 4 is 27.0 Å². The summed E-state index contributed by atoms with van der Waals surface area (Å²) in [6.07, 6.45) is 0. The predicted molar refractivity (Wildman–Crippen MR) is 78.1 cm³/mol. The van der Waals surface area contributed by atoms with Crippen LogP contribution in [-0.2, 0) is 0 Å². The van der Waals surface area contributed by atoms with Crippen molar-refractivity contribution in [1.82, 2.24) is 9.55 Å². The number of H-pyrrole nitrogens is 1. The first-order valence-corrected chi connectivity index (χ1v) is 6.53. The van der Waals surface area contributed by atoms with E-state index in [2.05, 4.69) is 20.9 Å². The van der Waals surface area contributed by atoms with Crippen molar-refractivity contribution in [3.05, 3.63) is 57.4 Å². The van der Waals surface area contributed by atoms with Crippen LogP contribution in [0.3, 0.4) is 0 Å². The lowest BCUT2D eigenvalue weighted by Gasteiger charge is -2.05. The number of nitrogens with one attached hydrogen (secondary N) is 1. The maximum Gasteiger partial charge on any atom is 0.331 e. The van der Waals surface area contributed by atoms with Crippen molar-refractivity contribution in [3.8, 4) is 11.4 Å². The predicted octanol–water partition coefficient (Wildman–Crippen LogP) is 3.09. The summed E-state index contributed by atoms with van der Waals surface area (Å²) < 4.78 is 7.63. The van der Waals surface area contributed by atoms with Gasteiger partial charge < -0.3 is 9.72 Å². The van der Waals surface area contributed by atoms with Crippen molar-refractivity contribution < 1.29 is 4.74 Å². The fraction of sp³-hybridized carbons (Fsp3) is 0.0714. The van der Waals surface area contributed by atoms with Crippen molar-refractivity contribution in [2.45, 2.75) is 0 Å². The number of aromatic amines is 1. The molecule has 0 bridgehead atoms. The van der Waals surface area contributed by atoms with Gasteiger partial charge in [0.15, 0.2) is 0 Å². The number of methoxy groups -OCH3 is 1. The number of ether oxygens (including phenoxy) is 1. The largest absolute Gasteiger partial charge is 0.497 e. The highest BCUT2D eigenvalue weighted by molar-refractivity contribution is 9.10. The van der Waals surface area contributed by atoms with E-state index in [0.717, 1.165) is 26.9 Å². The molecule has 0 radical (unpaired) electrons. The number of hydrogen-bond donors (Lipinski definition) is 1. The highest BCUT2D eigenvalue weighted by Gasteiger charge is 2.10. The van der Waals surface area contributed by atoms with Crippen LogP contribution in [-0.4, -0.2) is 16.7 Å². The zero-order valence-electron chi connectivity index (χ0n) is 10.2. The van der Waals surface area contributed by atoms with Gasteiger partial charge in [0.05, 0.1) is 23.8 Å². The Kier molecular flexibility index (Phi) is 2.91. The van der Waals surface area contributed by atoms with E-state index in [1.807, 2.05) is 42.5 Å². The number of fused-ring (bicyclic) bond motifs is 1. The maximum atomic E-state index is 12.1. The Morgan fingerprint density at radius 1 is 1.16 bits per heavy atom. The fourth-order valence-electron chi connectivity index (χ4n) is 2.08. The van der Waals surface area contributed by atoms with E-state index in [9.17, 15) is 4.79 Å². The molecule has 4 nitrogen and oxygen atoms in total. The molecule has 2 aromatic carbocycles. The Morgan fingerprint density at radius 3 is 2.58 bits per heavy atom. The zero-order valence-corrected chi connectivity index (χ0v) is 11.8. The van der Waals surface area contributed by atoms with Gasteiger partial charge in [-0.3, -0.25) is 4.57 Å². The lowest BCUT2D eigenvalue weighted by Crippen LogP contribution is -2.14. The molecule has 0 unspecified atom stereocenters. The molecule has 3 aromatic rings. The van der Waals surface area contributed by atoms with Crippen LogP contribution in [0.1, 0.15) is 0 Å². The maximum absolute atomic E-state index is 12.1. The summed E-state index contributed by atoms with van der Waals surface area (Å²) in [6, 6.07) is 13.1. The van der Waals surface area contributed by atoms with E-state index in [-0.39, 0.29) is 5.69 Å². The molecule has 0 fully saturated rings. The summed E-state index contributed by atoms with van der Waals surface area (Å²) in [5, 5.41) is 0. The van der Waals surface area contributed by atoms with Gasteiger partial charge in [0.2, 0.25) is 0 Å². The van der Waals surface area contributed by atoms with E-state index in [1.54, 1.807) is 11.7 Å². The van der Waals surface area contributed by atoms with Crippen molar-refractivity contribution in [1.29, 1.82) is 0 Å². The highest BCUT2D eigenvalue weighted by Crippen LogP contribution is 2.23. The monoisotopic (exact) mass is 318 g/mol. The molecule has 0 atom stereocenters. The molecule has 0 saturated carbocycles. The smallest absolute Gasteiger partial charge is 0.331 e. The number of hydrogen-bond acceptors (Lipinski definition) is 2. The van der Waals surface area contributed by atoms with E-state index in [4.69, 9.17) is 4.74 Å². The second kappa shape index (κ2) is 4.59. The van der Waals surface area contributed by atoms with Crippen molar-refractivity contribution in [3.63, 3.8) is 0 Å². The van der Waals surface area contributed by atoms with Gasteiger partial charge in [-0.15, -0.1) is 0 Å². The van der Waals surface area contributed by atoms with Crippen molar-refractivity contribution in [2.24, 2.45) is 0 Å². The number of aromatic nitrogens is 2. The number of halogens is 1. The molecule has 1 aromatic heterocycles. The molecule has 0 saturated heterocycles. The van der Waals surface area contributed by atoms with E-state index >= 15 is 0 Å². The topological polar surface area (TPSA) is 47.0 Å². The Morgan fingerprint density at radius 2 is 1.89 bits per heavy atom. The molecular weight excluding hydrogens is 308 g/mol. The minimum Gasteiger partial charge on any atom is -0.497 e. The molecule has 0 aliphatic rings. The third-order valence-corrected chi connectivity index (χ3v) is 3.66. The average molecular weight is 319 g/mol. The fourth-order valence-corrected chi connectivity index (χ4v) is 2.54. The number of para-hydroxylation sites is 1. The summed E-state index contributed by atoms with van der Waals surface area (Å²) in [5.41, 5.74) is 2.27. The van der Waals surface area contributed by atoms with Crippen LogP contribution in [0.2, 0.25) is 0 Å². The molecule has 0 spiro atoms. The van der Waals surface area contributed by atoms with E-state index in [0.29, 0.717) is 0 Å². The van der Waals surface area contributed by atoms with Gasteiger partial charge >= 0.3 is 5.69 Å². The normalized spacial score (nSPS) is 10.8. The molecular formula is C14H11BrN2O2. The molecule has 19 heavy (non-hydrogen) atoms. The van der Waals surface area contributed by atoms with Gasteiger partial charge in [-0.2, -0.15) is 0 Å². The Labute approximate surface area is 117 Å². The van der Waals surface area contributed by atoms with Crippen LogP contribution in [0.4, 0.5) is 0 Å². The second-order valence-corrected chi connectivity index (χ2v) is 4.95. The van der Waals surface area contributed by atoms with Crippen LogP contribution in [0.5, 0.6) is 5.75 Å². The standard InChI is InChI=1S/C14H11BrN2O2/c1-19-10-7-5-9(6-8-10)17-12-4-2-3-11(15)13(12)16-14(17)18/h2-8H,1H3,(H,16,18). The zero-order chi connectivity index (χ0) is 13.4. The van der Waals surface area contributed by atoms with Gasteiger partial charge in [-0.1, -0.05) is 6.07 Å². The molecule has 0 amide bonds. The molecule has 0 aliphatic carbocycles. The summed E-state index contributed by atoms with van der Waals surface area (Å²) >= 11 is 3.44. The highest BCUT2D eigenvalue weighted by atomic mass is 79.9. The lowest BCUT2D eigenvalue weighted by atomic mass is 10.2. The molecule has 1 N–H and O–H groups in total. The van der Waals surface area contributed by atoms with Crippen LogP contribution in [0.25, 0.3) is 16.7 Å². The van der Waals surface area contributed by atoms with Crippen LogP contribution < -0.4 is 10.4 Å². The number of nitrogens with zero attached hydrogens (tertiary/aromatic N) is 1. The minimum absolute atomic E-state index is 0.160. The van der Waals surface area contributed by atoms with E-state index < -0.39 is 0 Å². The molecule has 1 heterocycles. The Hall–Kier alpha value is -2.01. The lowest BCUT2D eigenvalue weighted by molar-refractivity contribution is 0.414. The van der Waals surface area contributed by atoms with Gasteiger partial charge in [-0.05, 0) is 52.3 Å². The van der Waals surface area contributed by atoms with Gasteiger partial charge in [0.25, 0.3) is 0 Å². The van der Waals surface area contributed by atoms with E-state index in [1.165, 1.54) is 0 Å². The first-order chi connectivity index (χ1) is 9.20. The minimum atomic E-state index is -0.160. The van der Waals surface area contributed by atoms with Crippen LogP contribution in [0.15, 0.2) is 51.7 Å². The van der Waals surface area contributed by atoms with Crippen LogP contribution in [0, 0.1) is 0 Å². The quantitative estimate of drug-likeness (QED) is 0.789. The first kappa shape index (κ1) is 12.0. The van der Waals surface area contributed by atoms with Crippen molar-refractivity contribution in [2.75, 3.05) is 7.11 Å². The second-order valence-electron chi connectivity index (χ2n) is 4.10. The molecule has 5 heteroatoms. The molecule has 3 rings (SSSR count). The summed E-state index contributed by atoms with van der Waals surface area (Å²) in [5.74, 6) is 0.762. The molecule has 96 valence electrons. The molecule has 0 aliphatic heterocycles. The number of rotatable bonds is 2. The third-order valence-electron chi connectivity index (χ3n) is 3.00. The summed E-state index contributed by atoms with van der Waals surface area (Å²) in [6.45, 7) is 0. The number of benzene rings is 2. The van der Waals surface area contributed by atoms with Gasteiger partial charge in [-0.25, -0.2) is 4.79 Å².